The fraction of sp³-hybridized carbons (Fsp3) is 0.182. The van der Waals surface area contributed by atoms with Crippen LogP contribution in [0.5, 0.6) is 11.5 Å². The van der Waals surface area contributed by atoms with E-state index >= 15 is 0 Å². The van der Waals surface area contributed by atoms with Crippen molar-refractivity contribution in [1.29, 1.82) is 0 Å². The Labute approximate surface area is 167 Å². The van der Waals surface area contributed by atoms with Crippen molar-refractivity contribution in [2.24, 2.45) is 0 Å². The number of rotatable bonds is 2. The maximum Gasteiger partial charge on any atom is 0.200 e. The Kier molecular flexibility index (Phi) is 4.23. The Bertz CT molecular complexity index is 1240. The molecule has 3 aromatic carbocycles. The molecular weight excluding hydrogens is 370 g/mol. The molecule has 0 saturated heterocycles. The molecule has 28 heavy (non-hydrogen) atoms. The number of benzene rings is 3. The van der Waals surface area contributed by atoms with Crippen LogP contribution in [0.3, 0.4) is 0 Å². The Hall–Kier alpha value is -3.12. The molecule has 0 radical (unpaired) electrons. The molecule has 0 saturated carbocycles. The van der Waals surface area contributed by atoms with E-state index in [4.69, 9.17) is 12.2 Å². The quantitative estimate of drug-likeness (QED) is 0.397. The number of nitrogens with one attached hydrogen (secondary N) is 1. The molecule has 0 aliphatic heterocycles. The molecule has 0 aliphatic rings. The molecule has 0 spiro atoms. The van der Waals surface area contributed by atoms with Crippen molar-refractivity contribution in [3.63, 3.8) is 0 Å². The summed E-state index contributed by atoms with van der Waals surface area (Å²) in [5.74, 6) is 0.491. The number of H-pyrrole nitrogens is 1. The van der Waals surface area contributed by atoms with Crippen molar-refractivity contribution in [3.05, 3.63) is 64.9 Å². The van der Waals surface area contributed by atoms with Gasteiger partial charge in [0.1, 0.15) is 11.5 Å². The Balaban J connectivity index is 2.02. The molecule has 0 aliphatic carbocycles. The third-order valence-electron chi connectivity index (χ3n) is 4.84. The molecule has 0 unspecified atom stereocenters. The van der Waals surface area contributed by atoms with E-state index in [0.717, 1.165) is 22.0 Å². The van der Waals surface area contributed by atoms with Crippen LogP contribution in [0.25, 0.3) is 27.8 Å². The maximum atomic E-state index is 10.6. The molecule has 5 nitrogen and oxygen atoms in total. The van der Waals surface area contributed by atoms with Crippen LogP contribution in [-0.4, -0.2) is 25.0 Å². The minimum Gasteiger partial charge on any atom is -0.508 e. The minimum atomic E-state index is -0.302. The third kappa shape index (κ3) is 2.96. The molecule has 0 fully saturated rings. The van der Waals surface area contributed by atoms with E-state index < -0.39 is 0 Å². The summed E-state index contributed by atoms with van der Waals surface area (Å²) in [5, 5.41) is 30.2. The molecule has 3 N–H and O–H groups in total. The van der Waals surface area contributed by atoms with Crippen LogP contribution < -0.4 is 0 Å². The molecule has 0 bridgehead atoms. The maximum absolute atomic E-state index is 10.6. The highest BCUT2D eigenvalue weighted by molar-refractivity contribution is 7.71. The van der Waals surface area contributed by atoms with E-state index in [9.17, 15) is 10.2 Å². The van der Waals surface area contributed by atoms with Gasteiger partial charge in [0.05, 0.1) is 11.3 Å². The van der Waals surface area contributed by atoms with Gasteiger partial charge in [0, 0.05) is 17.0 Å². The van der Waals surface area contributed by atoms with Crippen molar-refractivity contribution in [2.45, 2.75) is 26.2 Å². The highest BCUT2D eigenvalue weighted by Gasteiger charge is 2.23. The van der Waals surface area contributed by atoms with E-state index in [-0.39, 0.29) is 16.9 Å². The number of fused-ring (bicyclic) bond motifs is 1. The minimum absolute atomic E-state index is 0.0546. The lowest BCUT2D eigenvalue weighted by molar-refractivity contribution is 0.432. The first-order valence-corrected chi connectivity index (χ1v) is 9.40. The summed E-state index contributed by atoms with van der Waals surface area (Å²) in [5.41, 5.74) is 1.79. The molecular formula is C22H21N3O2S. The fourth-order valence-corrected chi connectivity index (χ4v) is 3.69. The average Bonchev–Trinajstić information content (AvgIpc) is 3.01. The van der Waals surface area contributed by atoms with Gasteiger partial charge >= 0.3 is 0 Å². The van der Waals surface area contributed by atoms with Gasteiger partial charge in [-0.1, -0.05) is 57.2 Å². The average molecular weight is 391 g/mol. The lowest BCUT2D eigenvalue weighted by atomic mass is 9.85. The SMILES string of the molecule is CC(C)(C)c1cc(-c2n[nH]c(=S)n2-c2cccc3ccccc23)c(O)cc1O. The van der Waals surface area contributed by atoms with Gasteiger partial charge in [-0.05, 0) is 35.2 Å². The smallest absolute Gasteiger partial charge is 0.200 e. The third-order valence-corrected chi connectivity index (χ3v) is 5.12. The highest BCUT2D eigenvalue weighted by Crippen LogP contribution is 2.40. The number of nitrogens with zero attached hydrogens (tertiary/aromatic N) is 2. The van der Waals surface area contributed by atoms with Gasteiger partial charge in [-0.2, -0.15) is 5.10 Å². The van der Waals surface area contributed by atoms with Crippen LogP contribution in [0.2, 0.25) is 0 Å². The van der Waals surface area contributed by atoms with Gasteiger partial charge in [-0.25, -0.2) is 0 Å². The zero-order chi connectivity index (χ0) is 20.1. The molecule has 4 aromatic rings. The topological polar surface area (TPSA) is 74.1 Å². The van der Waals surface area contributed by atoms with E-state index in [1.807, 2.05) is 67.8 Å². The van der Waals surface area contributed by atoms with Crippen molar-refractivity contribution in [3.8, 4) is 28.6 Å². The van der Waals surface area contributed by atoms with Gasteiger partial charge in [0.2, 0.25) is 0 Å². The zero-order valence-corrected chi connectivity index (χ0v) is 16.7. The molecule has 0 atom stereocenters. The van der Waals surface area contributed by atoms with Crippen LogP contribution in [0.15, 0.2) is 54.6 Å². The summed E-state index contributed by atoms with van der Waals surface area (Å²) in [4.78, 5) is 0. The molecule has 6 heteroatoms. The normalized spacial score (nSPS) is 11.8. The molecule has 0 amide bonds. The van der Waals surface area contributed by atoms with Gasteiger partial charge in [0.15, 0.2) is 10.6 Å². The first kappa shape index (κ1) is 18.3. The van der Waals surface area contributed by atoms with Crippen molar-refractivity contribution >= 4 is 23.0 Å². The Morgan fingerprint density at radius 1 is 0.964 bits per heavy atom. The van der Waals surface area contributed by atoms with Crippen molar-refractivity contribution in [2.75, 3.05) is 0 Å². The van der Waals surface area contributed by atoms with Crippen molar-refractivity contribution in [1.82, 2.24) is 14.8 Å². The molecule has 1 aromatic heterocycles. The van der Waals surface area contributed by atoms with Crippen molar-refractivity contribution < 1.29 is 10.2 Å². The summed E-state index contributed by atoms with van der Waals surface area (Å²) in [7, 11) is 0. The second-order valence-corrected chi connectivity index (χ2v) is 8.21. The highest BCUT2D eigenvalue weighted by atomic mass is 32.1. The standard InChI is InChI=1S/C22H21N3O2S/c1-22(2,3)16-11-15(18(26)12-19(16)27)20-23-24-21(28)25(20)17-10-6-8-13-7-4-5-9-14(13)17/h4-12,26-27H,1-3H3,(H,24,28). The number of phenols is 2. The first-order chi connectivity index (χ1) is 13.3. The Morgan fingerprint density at radius 3 is 2.43 bits per heavy atom. The molecule has 4 rings (SSSR count). The predicted octanol–water partition coefficient (Wildman–Crippen LogP) is 5.46. The van der Waals surface area contributed by atoms with Gasteiger partial charge in [-0.15, -0.1) is 0 Å². The fourth-order valence-electron chi connectivity index (χ4n) is 3.46. The predicted molar refractivity (Wildman–Crippen MR) is 114 cm³/mol. The van der Waals surface area contributed by atoms with Crippen LogP contribution >= 0.6 is 12.2 Å². The number of aromatic nitrogens is 3. The van der Waals surface area contributed by atoms with Gasteiger partial charge in [-0.3, -0.25) is 9.67 Å². The second-order valence-electron chi connectivity index (χ2n) is 7.82. The number of aromatic hydroxyl groups is 2. The van der Waals surface area contributed by atoms with E-state index in [1.165, 1.54) is 6.07 Å². The van der Waals surface area contributed by atoms with Gasteiger partial charge in [0.25, 0.3) is 0 Å². The number of phenolic OH excluding ortho intramolecular Hbond substituents is 2. The van der Waals surface area contributed by atoms with Crippen LogP contribution in [-0.2, 0) is 5.41 Å². The number of hydrogen-bond acceptors (Lipinski definition) is 4. The molecule has 1 heterocycles. The molecule has 142 valence electrons. The summed E-state index contributed by atoms with van der Waals surface area (Å²) in [6.07, 6.45) is 0. The lowest BCUT2D eigenvalue weighted by Crippen LogP contribution is -2.11. The number of hydrogen-bond donors (Lipinski definition) is 3. The van der Waals surface area contributed by atoms with Crippen LogP contribution in [0, 0.1) is 4.77 Å². The van der Waals surface area contributed by atoms with E-state index in [1.54, 1.807) is 6.07 Å². The van der Waals surface area contributed by atoms with Crippen LogP contribution in [0.1, 0.15) is 26.3 Å². The monoisotopic (exact) mass is 391 g/mol. The lowest BCUT2D eigenvalue weighted by Gasteiger charge is -2.22. The summed E-state index contributed by atoms with van der Waals surface area (Å²) in [6, 6.07) is 17.1. The number of aromatic amines is 1. The van der Waals surface area contributed by atoms with Gasteiger partial charge < -0.3 is 10.2 Å². The summed E-state index contributed by atoms with van der Waals surface area (Å²) in [6.45, 7) is 6.01. The largest absolute Gasteiger partial charge is 0.508 e. The second kappa shape index (κ2) is 6.49. The van der Waals surface area contributed by atoms with E-state index in [0.29, 0.717) is 16.2 Å². The van der Waals surface area contributed by atoms with Crippen LogP contribution in [0.4, 0.5) is 0 Å². The van der Waals surface area contributed by atoms with E-state index in [2.05, 4.69) is 10.2 Å². The first-order valence-electron chi connectivity index (χ1n) is 9.00. The Morgan fingerprint density at radius 2 is 1.68 bits per heavy atom. The zero-order valence-electron chi connectivity index (χ0n) is 15.9. The summed E-state index contributed by atoms with van der Waals surface area (Å²) >= 11 is 5.51. The summed E-state index contributed by atoms with van der Waals surface area (Å²) < 4.78 is 2.24.